The summed E-state index contributed by atoms with van der Waals surface area (Å²) in [6.45, 7) is 3.98. The van der Waals surface area contributed by atoms with E-state index in [1.807, 2.05) is 38.1 Å². The first-order valence-electron chi connectivity index (χ1n) is 8.71. The molecule has 1 aliphatic heterocycles. The summed E-state index contributed by atoms with van der Waals surface area (Å²) in [6, 6.07) is 7.10. The number of imide groups is 1. The Kier molecular flexibility index (Phi) is 5.41. The van der Waals surface area contributed by atoms with Gasteiger partial charge in [-0.25, -0.2) is 4.79 Å². The van der Waals surface area contributed by atoms with Gasteiger partial charge in [-0.3, -0.25) is 9.69 Å². The van der Waals surface area contributed by atoms with Crippen LogP contribution in [0.3, 0.4) is 0 Å². The van der Waals surface area contributed by atoms with Crippen molar-refractivity contribution in [2.24, 2.45) is 0 Å². The molecule has 1 aliphatic rings. The third kappa shape index (κ3) is 3.51. The van der Waals surface area contributed by atoms with E-state index in [9.17, 15) is 9.59 Å². The molecule has 1 aromatic carbocycles. The van der Waals surface area contributed by atoms with Crippen molar-refractivity contribution in [3.8, 4) is 11.4 Å². The van der Waals surface area contributed by atoms with Crippen molar-refractivity contribution in [3.05, 3.63) is 34.6 Å². The second-order valence-corrected chi connectivity index (χ2v) is 7.34. The molecule has 1 fully saturated rings. The maximum Gasteiger partial charge on any atom is 0.325 e. The molecule has 0 aliphatic carbocycles. The Hall–Kier alpha value is -2.22. The number of halogens is 1. The van der Waals surface area contributed by atoms with Crippen LogP contribution >= 0.6 is 15.9 Å². The van der Waals surface area contributed by atoms with Gasteiger partial charge in [0.25, 0.3) is 5.91 Å². The van der Waals surface area contributed by atoms with Crippen LogP contribution in [0.25, 0.3) is 11.4 Å². The van der Waals surface area contributed by atoms with Crippen LogP contribution in [-0.4, -0.2) is 32.5 Å². The summed E-state index contributed by atoms with van der Waals surface area (Å²) in [5.74, 6) is 0.433. The molecule has 26 heavy (non-hydrogen) atoms. The Bertz CT molecular complexity index is 814. The lowest BCUT2D eigenvalue weighted by atomic mass is 9.88. The molecule has 3 amide bonds. The van der Waals surface area contributed by atoms with Crippen LogP contribution < -0.4 is 5.32 Å². The van der Waals surface area contributed by atoms with Gasteiger partial charge in [-0.1, -0.05) is 59.9 Å². The highest BCUT2D eigenvalue weighted by atomic mass is 79.9. The number of carbonyl (C=O) groups is 2. The largest absolute Gasteiger partial charge is 0.337 e. The lowest BCUT2D eigenvalue weighted by Crippen LogP contribution is -2.46. The zero-order chi connectivity index (χ0) is 18.7. The van der Waals surface area contributed by atoms with Gasteiger partial charge >= 0.3 is 6.03 Å². The Balaban J connectivity index is 1.79. The second-order valence-electron chi connectivity index (χ2n) is 6.43. The van der Waals surface area contributed by atoms with E-state index >= 15 is 0 Å². The van der Waals surface area contributed by atoms with E-state index in [0.29, 0.717) is 18.7 Å². The molecular weight excluding hydrogens is 400 g/mol. The van der Waals surface area contributed by atoms with Crippen molar-refractivity contribution in [1.29, 1.82) is 0 Å². The van der Waals surface area contributed by atoms with Crippen molar-refractivity contribution in [2.45, 2.75) is 51.6 Å². The van der Waals surface area contributed by atoms with Crippen molar-refractivity contribution in [1.82, 2.24) is 20.4 Å². The van der Waals surface area contributed by atoms with Crippen LogP contribution in [0.5, 0.6) is 0 Å². The monoisotopic (exact) mass is 420 g/mol. The number of urea groups is 1. The van der Waals surface area contributed by atoms with Crippen LogP contribution in [0.4, 0.5) is 4.79 Å². The molecule has 7 nitrogen and oxygen atoms in total. The number of rotatable bonds is 7. The normalized spacial score (nSPS) is 16.2. The smallest absolute Gasteiger partial charge is 0.325 e. The summed E-state index contributed by atoms with van der Waals surface area (Å²) in [6.07, 6.45) is 2.87. The molecule has 138 valence electrons. The van der Waals surface area contributed by atoms with Gasteiger partial charge < -0.3 is 9.84 Å². The zero-order valence-electron chi connectivity index (χ0n) is 14.8. The zero-order valence-corrected chi connectivity index (χ0v) is 16.4. The Labute approximate surface area is 160 Å². The minimum absolute atomic E-state index is 0.0269. The lowest BCUT2D eigenvalue weighted by molar-refractivity contribution is -0.132. The summed E-state index contributed by atoms with van der Waals surface area (Å²) >= 11 is 3.40. The highest BCUT2D eigenvalue weighted by Gasteiger charge is 2.50. The fraction of sp³-hybridized carbons (Fsp3) is 0.444. The molecule has 0 spiro atoms. The summed E-state index contributed by atoms with van der Waals surface area (Å²) in [5.41, 5.74) is -0.0221. The van der Waals surface area contributed by atoms with E-state index < -0.39 is 11.6 Å². The van der Waals surface area contributed by atoms with Crippen molar-refractivity contribution < 1.29 is 14.1 Å². The fourth-order valence-electron chi connectivity index (χ4n) is 3.34. The number of benzene rings is 1. The standard InChI is InChI=1S/C18H21BrN4O3/c1-3-8-18(9-4-2)16(24)23(17(25)21-18)11-14-20-15(22-26-14)12-6-5-7-13(19)10-12/h5-7,10H,3-4,8-9,11H2,1-2H3,(H,21,25). The molecule has 0 bridgehead atoms. The van der Waals surface area contributed by atoms with Crippen LogP contribution in [0.15, 0.2) is 33.3 Å². The summed E-state index contributed by atoms with van der Waals surface area (Å²) < 4.78 is 6.16. The molecule has 0 radical (unpaired) electrons. The molecule has 0 unspecified atom stereocenters. The van der Waals surface area contributed by atoms with E-state index in [2.05, 4.69) is 31.4 Å². The first-order valence-corrected chi connectivity index (χ1v) is 9.51. The number of aromatic nitrogens is 2. The predicted molar refractivity (Wildman–Crippen MR) is 99.1 cm³/mol. The van der Waals surface area contributed by atoms with Crippen molar-refractivity contribution in [2.75, 3.05) is 0 Å². The fourth-order valence-corrected chi connectivity index (χ4v) is 3.74. The maximum absolute atomic E-state index is 12.9. The van der Waals surface area contributed by atoms with Gasteiger partial charge in [0.1, 0.15) is 12.1 Å². The Morgan fingerprint density at radius 3 is 2.62 bits per heavy atom. The number of hydrogen-bond acceptors (Lipinski definition) is 5. The third-order valence-electron chi connectivity index (χ3n) is 4.44. The molecule has 3 rings (SSSR count). The van der Waals surface area contributed by atoms with Crippen LogP contribution in [0.1, 0.15) is 45.4 Å². The lowest BCUT2D eigenvalue weighted by Gasteiger charge is -2.25. The van der Waals surface area contributed by atoms with Gasteiger partial charge in [-0.15, -0.1) is 0 Å². The van der Waals surface area contributed by atoms with Gasteiger partial charge in [0.05, 0.1) is 0 Å². The van der Waals surface area contributed by atoms with Crippen LogP contribution in [0, 0.1) is 0 Å². The Morgan fingerprint density at radius 2 is 1.96 bits per heavy atom. The number of amides is 3. The molecule has 1 N–H and O–H groups in total. The summed E-state index contributed by atoms with van der Waals surface area (Å²) in [4.78, 5) is 30.8. The number of nitrogens with one attached hydrogen (secondary N) is 1. The SMILES string of the molecule is CCCC1(CCC)NC(=O)N(Cc2nc(-c3cccc(Br)c3)no2)C1=O. The average Bonchev–Trinajstić information content (AvgIpc) is 3.15. The van der Waals surface area contributed by atoms with Crippen molar-refractivity contribution >= 4 is 27.9 Å². The topological polar surface area (TPSA) is 88.3 Å². The highest BCUT2D eigenvalue weighted by molar-refractivity contribution is 9.10. The molecule has 1 aromatic heterocycles. The van der Waals surface area contributed by atoms with E-state index in [1.54, 1.807) is 0 Å². The number of hydrogen-bond donors (Lipinski definition) is 1. The third-order valence-corrected chi connectivity index (χ3v) is 4.94. The van der Waals surface area contributed by atoms with E-state index in [1.165, 1.54) is 4.90 Å². The first kappa shape index (κ1) is 18.6. The average molecular weight is 421 g/mol. The van der Waals surface area contributed by atoms with E-state index in [0.717, 1.165) is 22.9 Å². The molecule has 1 saturated heterocycles. The molecule has 0 atom stereocenters. The van der Waals surface area contributed by atoms with Crippen molar-refractivity contribution in [3.63, 3.8) is 0 Å². The van der Waals surface area contributed by atoms with E-state index in [-0.39, 0.29) is 18.3 Å². The summed E-state index contributed by atoms with van der Waals surface area (Å²) in [5, 5.41) is 6.83. The van der Waals surface area contributed by atoms with Gasteiger partial charge in [-0.05, 0) is 25.0 Å². The first-order chi connectivity index (χ1) is 12.5. The minimum atomic E-state index is -0.812. The number of nitrogens with zero attached hydrogens (tertiary/aromatic N) is 3. The Morgan fingerprint density at radius 1 is 1.23 bits per heavy atom. The molecule has 2 heterocycles. The highest BCUT2D eigenvalue weighted by Crippen LogP contribution is 2.29. The molecule has 8 heteroatoms. The van der Waals surface area contributed by atoms with Gasteiger partial charge in [0, 0.05) is 10.0 Å². The minimum Gasteiger partial charge on any atom is -0.337 e. The second kappa shape index (κ2) is 7.57. The van der Waals surface area contributed by atoms with Crippen LogP contribution in [-0.2, 0) is 11.3 Å². The van der Waals surface area contributed by atoms with Gasteiger partial charge in [0.2, 0.25) is 11.7 Å². The maximum atomic E-state index is 12.9. The molecule has 0 saturated carbocycles. The predicted octanol–water partition coefficient (Wildman–Crippen LogP) is 3.89. The van der Waals surface area contributed by atoms with Crippen LogP contribution in [0.2, 0.25) is 0 Å². The van der Waals surface area contributed by atoms with E-state index in [4.69, 9.17) is 4.52 Å². The van der Waals surface area contributed by atoms with Gasteiger partial charge in [0.15, 0.2) is 0 Å². The summed E-state index contributed by atoms with van der Waals surface area (Å²) in [7, 11) is 0. The number of carbonyl (C=O) groups excluding carboxylic acids is 2. The molecular formula is C18H21BrN4O3. The quantitative estimate of drug-likeness (QED) is 0.686. The van der Waals surface area contributed by atoms with Gasteiger partial charge in [-0.2, -0.15) is 4.98 Å². The molecule has 2 aromatic rings.